The van der Waals surface area contributed by atoms with Crippen molar-refractivity contribution < 1.29 is 22.5 Å². The molecule has 1 heterocycles. The van der Waals surface area contributed by atoms with Crippen molar-refractivity contribution in [3.8, 4) is 0 Å². The first-order valence-corrected chi connectivity index (χ1v) is 12.3. The summed E-state index contributed by atoms with van der Waals surface area (Å²) in [5.41, 5.74) is 0.991. The number of nitrogens with one attached hydrogen (secondary N) is 2. The fraction of sp³-hybridized carbons (Fsp3) is 0.450. The Bertz CT molecular complexity index is 1030. The molecule has 0 radical (unpaired) electrons. The van der Waals surface area contributed by atoms with E-state index in [1.807, 2.05) is 0 Å². The summed E-state index contributed by atoms with van der Waals surface area (Å²) in [6.45, 7) is 9.39. The van der Waals surface area contributed by atoms with Crippen LogP contribution in [-0.2, 0) is 19.6 Å². The molecular formula is C20H28N4O5S2. The van der Waals surface area contributed by atoms with Crippen LogP contribution in [0.5, 0.6) is 0 Å². The zero-order valence-electron chi connectivity index (χ0n) is 18.3. The molecule has 0 spiro atoms. The van der Waals surface area contributed by atoms with Gasteiger partial charge in [-0.15, -0.1) is 11.8 Å². The van der Waals surface area contributed by atoms with E-state index in [-0.39, 0.29) is 22.5 Å². The van der Waals surface area contributed by atoms with Gasteiger partial charge in [-0.2, -0.15) is 4.31 Å². The number of aromatic nitrogens is 1. The molecular weight excluding hydrogens is 440 g/mol. The zero-order valence-corrected chi connectivity index (χ0v) is 19.9. The molecule has 1 unspecified atom stereocenters. The summed E-state index contributed by atoms with van der Waals surface area (Å²) in [6.07, 6.45) is 0. The Labute approximate surface area is 187 Å². The molecule has 1 atom stereocenters. The van der Waals surface area contributed by atoms with Crippen LogP contribution >= 0.6 is 11.8 Å². The molecule has 0 aliphatic rings. The maximum absolute atomic E-state index is 12.8. The molecule has 2 aromatic rings. The number of benzene rings is 1. The first-order chi connectivity index (χ1) is 14.6. The molecule has 0 bridgehead atoms. The highest BCUT2D eigenvalue weighted by atomic mass is 32.2. The molecule has 2 rings (SSSR count). The summed E-state index contributed by atoms with van der Waals surface area (Å²) < 4.78 is 32.0. The van der Waals surface area contributed by atoms with Gasteiger partial charge in [0.2, 0.25) is 21.8 Å². The summed E-state index contributed by atoms with van der Waals surface area (Å²) >= 11 is 1.15. The van der Waals surface area contributed by atoms with Gasteiger partial charge in [0.05, 0.1) is 15.9 Å². The van der Waals surface area contributed by atoms with Gasteiger partial charge < -0.3 is 15.2 Å². The van der Waals surface area contributed by atoms with Crippen molar-refractivity contribution in [1.29, 1.82) is 0 Å². The molecule has 0 fully saturated rings. The van der Waals surface area contributed by atoms with E-state index >= 15 is 0 Å². The summed E-state index contributed by atoms with van der Waals surface area (Å²) in [4.78, 5) is 24.7. The van der Waals surface area contributed by atoms with Gasteiger partial charge in [0, 0.05) is 24.8 Å². The monoisotopic (exact) mass is 468 g/mol. The van der Waals surface area contributed by atoms with E-state index in [1.165, 1.54) is 10.4 Å². The third kappa shape index (κ3) is 6.55. The summed E-state index contributed by atoms with van der Waals surface area (Å²) in [5, 5.41) is 8.52. The molecule has 9 nitrogen and oxygen atoms in total. The first-order valence-electron chi connectivity index (χ1n) is 9.84. The Morgan fingerprint density at radius 1 is 1.16 bits per heavy atom. The molecule has 11 heteroatoms. The second-order valence-corrected chi connectivity index (χ2v) is 10.1. The minimum Gasteiger partial charge on any atom is -0.360 e. The van der Waals surface area contributed by atoms with Gasteiger partial charge in [-0.3, -0.25) is 9.59 Å². The number of hydrogen-bond donors (Lipinski definition) is 2. The minimum absolute atomic E-state index is 0.0262. The van der Waals surface area contributed by atoms with Crippen molar-refractivity contribution >= 4 is 45.1 Å². The van der Waals surface area contributed by atoms with Gasteiger partial charge in [-0.25, -0.2) is 8.42 Å². The van der Waals surface area contributed by atoms with Crippen LogP contribution in [0.3, 0.4) is 0 Å². The molecule has 0 saturated carbocycles. The van der Waals surface area contributed by atoms with E-state index in [1.54, 1.807) is 52.8 Å². The largest absolute Gasteiger partial charge is 0.360 e. The lowest BCUT2D eigenvalue weighted by atomic mass is 10.2. The third-order valence-corrected chi connectivity index (χ3v) is 7.84. The van der Waals surface area contributed by atoms with Gasteiger partial charge in [0.15, 0.2) is 5.82 Å². The van der Waals surface area contributed by atoms with Crippen LogP contribution < -0.4 is 10.6 Å². The molecule has 0 aliphatic heterocycles. The number of carbonyl (C=O) groups excluding carboxylic acids is 2. The number of nitrogens with zero attached hydrogens (tertiary/aromatic N) is 2. The van der Waals surface area contributed by atoms with Gasteiger partial charge in [-0.1, -0.05) is 25.1 Å². The van der Waals surface area contributed by atoms with Crippen molar-refractivity contribution in [3.05, 3.63) is 35.6 Å². The van der Waals surface area contributed by atoms with E-state index in [9.17, 15) is 18.0 Å². The van der Waals surface area contributed by atoms with Gasteiger partial charge in [0.25, 0.3) is 0 Å². The summed E-state index contributed by atoms with van der Waals surface area (Å²) in [6, 6.07) is 6.38. The Morgan fingerprint density at radius 3 is 2.42 bits per heavy atom. The second kappa shape index (κ2) is 10.8. The molecule has 0 saturated heterocycles. The van der Waals surface area contributed by atoms with Gasteiger partial charge in [-0.05, 0) is 38.5 Å². The minimum atomic E-state index is -3.64. The van der Waals surface area contributed by atoms with E-state index in [2.05, 4.69) is 15.8 Å². The predicted octanol–water partition coefficient (Wildman–Crippen LogP) is 3.02. The summed E-state index contributed by atoms with van der Waals surface area (Å²) in [5.74, 6) is 0.292. The molecule has 2 N–H and O–H groups in total. The third-order valence-electron chi connectivity index (χ3n) is 4.51. The average molecular weight is 469 g/mol. The van der Waals surface area contributed by atoms with E-state index in [4.69, 9.17) is 4.52 Å². The average Bonchev–Trinajstić information content (AvgIpc) is 3.12. The Hall–Kier alpha value is -2.37. The lowest BCUT2D eigenvalue weighted by Crippen LogP contribution is -2.31. The summed E-state index contributed by atoms with van der Waals surface area (Å²) in [7, 11) is -3.64. The van der Waals surface area contributed by atoms with E-state index < -0.39 is 15.3 Å². The normalized spacial score (nSPS) is 12.6. The lowest BCUT2D eigenvalue weighted by Gasteiger charge is -2.20. The van der Waals surface area contributed by atoms with Crippen LogP contribution in [0.1, 0.15) is 32.1 Å². The molecule has 1 aromatic heterocycles. The molecule has 1 aromatic carbocycles. The number of rotatable bonds is 10. The van der Waals surface area contributed by atoms with Crippen molar-refractivity contribution in [1.82, 2.24) is 9.46 Å². The highest BCUT2D eigenvalue weighted by Gasteiger charge is 2.24. The molecule has 31 heavy (non-hydrogen) atoms. The predicted molar refractivity (Wildman–Crippen MR) is 122 cm³/mol. The quantitative estimate of drug-likeness (QED) is 0.550. The number of amides is 2. The van der Waals surface area contributed by atoms with Crippen molar-refractivity contribution in [2.75, 3.05) is 29.5 Å². The fourth-order valence-corrected chi connectivity index (χ4v) is 5.18. The van der Waals surface area contributed by atoms with Crippen LogP contribution in [0.4, 0.5) is 11.5 Å². The molecule has 0 aliphatic carbocycles. The first kappa shape index (κ1) is 24.9. The number of aryl methyl sites for hydroxylation is 2. The van der Waals surface area contributed by atoms with Gasteiger partial charge >= 0.3 is 0 Å². The number of sulfonamides is 1. The highest BCUT2D eigenvalue weighted by molar-refractivity contribution is 8.01. The molecule has 2 amide bonds. The SMILES string of the molecule is CCN(CC)S(=O)(=O)c1cc(NC(=O)CSC(C)C(=O)Nc2cc(C)on2)ccc1C. The van der Waals surface area contributed by atoms with Crippen molar-refractivity contribution in [2.45, 2.75) is 44.8 Å². The fourth-order valence-electron chi connectivity index (χ4n) is 2.78. The zero-order chi connectivity index (χ0) is 23.2. The maximum atomic E-state index is 12.8. The van der Waals surface area contributed by atoms with Crippen LogP contribution in [-0.4, -0.2) is 53.8 Å². The Morgan fingerprint density at radius 2 is 1.84 bits per heavy atom. The van der Waals surface area contributed by atoms with Crippen LogP contribution in [0, 0.1) is 13.8 Å². The van der Waals surface area contributed by atoms with Crippen molar-refractivity contribution in [2.24, 2.45) is 0 Å². The van der Waals surface area contributed by atoms with Crippen LogP contribution in [0.15, 0.2) is 33.7 Å². The van der Waals surface area contributed by atoms with E-state index in [0.29, 0.717) is 35.9 Å². The van der Waals surface area contributed by atoms with Crippen LogP contribution in [0.25, 0.3) is 0 Å². The number of hydrogen-bond acceptors (Lipinski definition) is 7. The van der Waals surface area contributed by atoms with E-state index in [0.717, 1.165) is 11.8 Å². The highest BCUT2D eigenvalue weighted by Crippen LogP contribution is 2.24. The Balaban J connectivity index is 1.98. The number of carbonyl (C=O) groups is 2. The van der Waals surface area contributed by atoms with Crippen LogP contribution in [0.2, 0.25) is 0 Å². The standard InChI is InChI=1S/C20H28N4O5S2/c1-6-24(7-2)31(27,28)17-11-16(9-8-13(17)3)21-19(25)12-30-15(5)20(26)22-18-10-14(4)29-23-18/h8-11,15H,6-7,12H2,1-5H3,(H,21,25)(H,22,23,26). The number of anilines is 2. The maximum Gasteiger partial charge on any atom is 0.243 e. The smallest absolute Gasteiger partial charge is 0.243 e. The number of thioether (sulfide) groups is 1. The molecule has 170 valence electrons. The van der Waals surface area contributed by atoms with Crippen molar-refractivity contribution in [3.63, 3.8) is 0 Å². The Kier molecular flexibility index (Phi) is 8.66. The lowest BCUT2D eigenvalue weighted by molar-refractivity contribution is -0.115. The second-order valence-electron chi connectivity index (χ2n) is 6.88. The topological polar surface area (TPSA) is 122 Å². The van der Waals surface area contributed by atoms with Gasteiger partial charge in [0.1, 0.15) is 5.76 Å².